The molecule has 0 radical (unpaired) electrons. The topological polar surface area (TPSA) is 37.8 Å². The number of nitrogens with one attached hydrogen (secondary N) is 1. The summed E-state index contributed by atoms with van der Waals surface area (Å²) in [7, 11) is 0. The molecule has 0 unspecified atom stereocenters. The highest BCUT2D eigenvalue weighted by atomic mass is 32.2. The van der Waals surface area contributed by atoms with Crippen molar-refractivity contribution < 1.29 is 0 Å². The van der Waals surface area contributed by atoms with Crippen LogP contribution in [0, 0.1) is 0 Å². The highest BCUT2D eigenvalue weighted by Crippen LogP contribution is 2.20. The molecule has 0 saturated heterocycles. The zero-order valence-corrected chi connectivity index (χ0v) is 11.6. The fourth-order valence-corrected chi connectivity index (χ4v) is 2.41. The quantitative estimate of drug-likeness (QED) is 0.882. The maximum Gasteiger partial charge on any atom is 0.203 e. The molecule has 5 heteroatoms. The summed E-state index contributed by atoms with van der Waals surface area (Å²) >= 11 is 3.31. The Morgan fingerprint density at radius 2 is 2.07 bits per heavy atom. The van der Waals surface area contributed by atoms with Gasteiger partial charge in [0, 0.05) is 17.1 Å². The molecule has 1 aromatic rings. The molecule has 3 nitrogen and oxygen atoms in total. The van der Waals surface area contributed by atoms with Crippen molar-refractivity contribution in [2.45, 2.75) is 51.2 Å². The van der Waals surface area contributed by atoms with Crippen LogP contribution in [0.15, 0.2) is 0 Å². The largest absolute Gasteiger partial charge is 0.356 e. The third-order valence-corrected chi connectivity index (χ3v) is 3.26. The Morgan fingerprint density at radius 1 is 1.40 bits per heavy atom. The summed E-state index contributed by atoms with van der Waals surface area (Å²) in [6.07, 6.45) is 0. The second kappa shape index (κ2) is 5.16. The van der Waals surface area contributed by atoms with Crippen molar-refractivity contribution in [1.82, 2.24) is 9.36 Å². The van der Waals surface area contributed by atoms with Crippen molar-refractivity contribution in [3.05, 3.63) is 5.82 Å². The van der Waals surface area contributed by atoms with Crippen molar-refractivity contribution in [2.75, 3.05) is 5.32 Å². The summed E-state index contributed by atoms with van der Waals surface area (Å²) < 4.78 is 4.32. The summed E-state index contributed by atoms with van der Waals surface area (Å²) in [6.45, 7) is 10.7. The van der Waals surface area contributed by atoms with Crippen molar-refractivity contribution in [1.29, 1.82) is 0 Å². The molecule has 0 aromatic carbocycles. The average Bonchev–Trinajstić information content (AvgIpc) is 2.45. The van der Waals surface area contributed by atoms with E-state index in [2.05, 4.69) is 49.3 Å². The highest BCUT2D eigenvalue weighted by molar-refractivity contribution is 7.99. The maximum absolute atomic E-state index is 4.44. The molecule has 1 aromatic heterocycles. The molecule has 86 valence electrons. The monoisotopic (exact) mass is 245 g/mol. The van der Waals surface area contributed by atoms with Gasteiger partial charge < -0.3 is 5.32 Å². The van der Waals surface area contributed by atoms with E-state index in [1.54, 1.807) is 0 Å². The molecule has 0 aliphatic rings. The predicted molar refractivity (Wildman–Crippen MR) is 69.7 cm³/mol. The van der Waals surface area contributed by atoms with Gasteiger partial charge in [0.15, 0.2) is 5.82 Å². The van der Waals surface area contributed by atoms with Crippen LogP contribution in [0.3, 0.4) is 0 Å². The van der Waals surface area contributed by atoms with Crippen LogP contribution in [0.1, 0.15) is 40.4 Å². The van der Waals surface area contributed by atoms with Crippen molar-refractivity contribution in [2.24, 2.45) is 0 Å². The Balaban J connectivity index is 2.49. The normalized spacial score (nSPS) is 12.1. The van der Waals surface area contributed by atoms with E-state index in [0.717, 1.165) is 16.7 Å². The number of anilines is 1. The molecule has 0 spiro atoms. The number of hydrogen-bond donors (Lipinski definition) is 1. The molecule has 1 rings (SSSR count). The van der Waals surface area contributed by atoms with Crippen LogP contribution in [-0.2, 0) is 5.75 Å². The summed E-state index contributed by atoms with van der Waals surface area (Å²) in [5.41, 5.74) is 0.0575. The first kappa shape index (κ1) is 12.8. The van der Waals surface area contributed by atoms with Gasteiger partial charge in [-0.15, -0.1) is 0 Å². The number of thioether (sulfide) groups is 1. The average molecular weight is 245 g/mol. The minimum absolute atomic E-state index is 0.0575. The molecule has 0 bridgehead atoms. The van der Waals surface area contributed by atoms with Gasteiger partial charge in [0.05, 0.1) is 5.75 Å². The Hall–Kier alpha value is -0.290. The summed E-state index contributed by atoms with van der Waals surface area (Å²) in [6, 6.07) is 0. The summed E-state index contributed by atoms with van der Waals surface area (Å²) in [4.78, 5) is 4.44. The minimum atomic E-state index is 0.0575. The Kier molecular flexibility index (Phi) is 4.40. The third-order valence-electron chi connectivity index (χ3n) is 1.50. The first-order chi connectivity index (χ1) is 6.87. The van der Waals surface area contributed by atoms with E-state index >= 15 is 0 Å². The lowest BCUT2D eigenvalue weighted by Gasteiger charge is -2.18. The zero-order valence-electron chi connectivity index (χ0n) is 10.00. The molecule has 1 heterocycles. The first-order valence-electron chi connectivity index (χ1n) is 5.09. The van der Waals surface area contributed by atoms with Gasteiger partial charge in [-0.3, -0.25) is 0 Å². The SMILES string of the molecule is CC(C)SCc1nsc(NC(C)(C)C)n1. The predicted octanol–water partition coefficient (Wildman–Crippen LogP) is 3.39. The van der Waals surface area contributed by atoms with Crippen LogP contribution >= 0.6 is 23.3 Å². The van der Waals surface area contributed by atoms with Crippen LogP contribution in [-0.4, -0.2) is 20.1 Å². The summed E-state index contributed by atoms with van der Waals surface area (Å²) in [5, 5.41) is 4.88. The third kappa shape index (κ3) is 5.37. The maximum atomic E-state index is 4.44. The Morgan fingerprint density at radius 3 is 2.60 bits per heavy atom. The molecule has 0 amide bonds. The number of rotatable bonds is 4. The lowest BCUT2D eigenvalue weighted by atomic mass is 10.1. The first-order valence-corrected chi connectivity index (χ1v) is 6.91. The second-order valence-electron chi connectivity index (χ2n) is 4.75. The van der Waals surface area contributed by atoms with Gasteiger partial charge >= 0.3 is 0 Å². The van der Waals surface area contributed by atoms with Gasteiger partial charge in [-0.25, -0.2) is 4.98 Å². The van der Waals surface area contributed by atoms with Crippen molar-refractivity contribution >= 4 is 28.4 Å². The molecule has 0 aliphatic carbocycles. The zero-order chi connectivity index (χ0) is 11.5. The van der Waals surface area contributed by atoms with E-state index in [-0.39, 0.29) is 5.54 Å². The number of nitrogens with zero attached hydrogens (tertiary/aromatic N) is 2. The Labute approximate surface area is 100 Å². The van der Waals surface area contributed by atoms with E-state index in [4.69, 9.17) is 0 Å². The molecular formula is C10H19N3S2. The lowest BCUT2D eigenvalue weighted by Crippen LogP contribution is -2.25. The van der Waals surface area contributed by atoms with Gasteiger partial charge in [-0.2, -0.15) is 16.1 Å². The van der Waals surface area contributed by atoms with E-state index < -0.39 is 0 Å². The molecule has 0 aliphatic heterocycles. The molecule has 0 saturated carbocycles. The summed E-state index contributed by atoms with van der Waals surface area (Å²) in [5.74, 6) is 1.84. The molecule has 0 fully saturated rings. The van der Waals surface area contributed by atoms with Crippen molar-refractivity contribution in [3.63, 3.8) is 0 Å². The molecule has 15 heavy (non-hydrogen) atoms. The smallest absolute Gasteiger partial charge is 0.203 e. The van der Waals surface area contributed by atoms with Crippen LogP contribution < -0.4 is 5.32 Å². The van der Waals surface area contributed by atoms with Gasteiger partial charge in [-0.1, -0.05) is 13.8 Å². The van der Waals surface area contributed by atoms with Gasteiger partial charge in [0.25, 0.3) is 0 Å². The molecule has 1 N–H and O–H groups in total. The van der Waals surface area contributed by atoms with E-state index in [1.807, 2.05) is 11.8 Å². The molecule has 0 atom stereocenters. The van der Waals surface area contributed by atoms with Gasteiger partial charge in [0.1, 0.15) is 0 Å². The number of hydrogen-bond acceptors (Lipinski definition) is 5. The van der Waals surface area contributed by atoms with Crippen LogP contribution in [0.5, 0.6) is 0 Å². The fraction of sp³-hybridized carbons (Fsp3) is 0.800. The van der Waals surface area contributed by atoms with E-state index in [1.165, 1.54) is 11.5 Å². The standard InChI is InChI=1S/C10H19N3S2/c1-7(2)14-6-8-11-9(15-13-8)12-10(3,4)5/h7H,6H2,1-5H3,(H,11,12,13). The number of aromatic nitrogens is 2. The Bertz CT molecular complexity index is 302. The van der Waals surface area contributed by atoms with E-state index in [0.29, 0.717) is 5.25 Å². The van der Waals surface area contributed by atoms with Gasteiger partial charge in [-0.05, 0) is 26.0 Å². The van der Waals surface area contributed by atoms with Gasteiger partial charge in [0.2, 0.25) is 5.13 Å². The second-order valence-corrected chi connectivity index (χ2v) is 7.07. The lowest BCUT2D eigenvalue weighted by molar-refractivity contribution is 0.633. The molecular weight excluding hydrogens is 226 g/mol. The van der Waals surface area contributed by atoms with Crippen LogP contribution in [0.4, 0.5) is 5.13 Å². The fourth-order valence-electron chi connectivity index (χ4n) is 0.925. The minimum Gasteiger partial charge on any atom is -0.356 e. The van der Waals surface area contributed by atoms with Crippen LogP contribution in [0.2, 0.25) is 0 Å². The van der Waals surface area contributed by atoms with Crippen LogP contribution in [0.25, 0.3) is 0 Å². The van der Waals surface area contributed by atoms with Crippen molar-refractivity contribution in [3.8, 4) is 0 Å². The van der Waals surface area contributed by atoms with E-state index in [9.17, 15) is 0 Å². The highest BCUT2D eigenvalue weighted by Gasteiger charge is 2.12.